The van der Waals surface area contributed by atoms with E-state index in [1.165, 1.54) is 11.3 Å². The number of ketones is 1. The monoisotopic (exact) mass is 225 g/mol. The molecule has 0 unspecified atom stereocenters. The summed E-state index contributed by atoms with van der Waals surface area (Å²) in [6.07, 6.45) is 3.37. The van der Waals surface area contributed by atoms with Crippen LogP contribution in [0.15, 0.2) is 6.07 Å². The quantitative estimate of drug-likeness (QED) is 0.779. The SMILES string of the molecule is CCCCc1cc(C(=O)C(C)C)c(N)s1. The first-order chi connectivity index (χ1) is 7.06. The molecule has 0 saturated carbocycles. The van der Waals surface area contributed by atoms with Crippen LogP contribution in [0, 0.1) is 5.92 Å². The second-order valence-corrected chi connectivity index (χ2v) is 5.28. The summed E-state index contributed by atoms with van der Waals surface area (Å²) in [4.78, 5) is 13.0. The van der Waals surface area contributed by atoms with Gasteiger partial charge in [0.1, 0.15) is 0 Å². The zero-order valence-corrected chi connectivity index (χ0v) is 10.5. The number of hydrogen-bond acceptors (Lipinski definition) is 3. The van der Waals surface area contributed by atoms with Gasteiger partial charge in [0.2, 0.25) is 0 Å². The molecule has 0 aromatic carbocycles. The van der Waals surface area contributed by atoms with Crippen molar-refractivity contribution in [1.29, 1.82) is 0 Å². The Morgan fingerprint density at radius 1 is 1.53 bits per heavy atom. The predicted octanol–water partition coefficient (Wildman–Crippen LogP) is 3.51. The van der Waals surface area contributed by atoms with E-state index in [1.54, 1.807) is 11.3 Å². The van der Waals surface area contributed by atoms with E-state index in [2.05, 4.69) is 6.92 Å². The molecule has 0 bridgehead atoms. The van der Waals surface area contributed by atoms with Crippen LogP contribution in [0.5, 0.6) is 0 Å². The van der Waals surface area contributed by atoms with Crippen LogP contribution in [0.2, 0.25) is 0 Å². The average molecular weight is 225 g/mol. The van der Waals surface area contributed by atoms with E-state index in [-0.39, 0.29) is 11.7 Å². The molecule has 2 nitrogen and oxygen atoms in total. The maximum Gasteiger partial charge on any atom is 0.168 e. The second-order valence-electron chi connectivity index (χ2n) is 4.11. The van der Waals surface area contributed by atoms with E-state index in [4.69, 9.17) is 5.73 Å². The molecule has 3 heteroatoms. The molecule has 0 radical (unpaired) electrons. The van der Waals surface area contributed by atoms with Crippen molar-refractivity contribution in [2.24, 2.45) is 5.92 Å². The van der Waals surface area contributed by atoms with Crippen LogP contribution in [0.1, 0.15) is 48.8 Å². The molecule has 1 heterocycles. The minimum atomic E-state index is 0.0286. The third kappa shape index (κ3) is 3.06. The average Bonchev–Trinajstić information content (AvgIpc) is 2.55. The maximum atomic E-state index is 11.8. The Morgan fingerprint density at radius 2 is 2.20 bits per heavy atom. The number of carbonyl (C=O) groups excluding carboxylic acids is 1. The molecule has 1 rings (SSSR count). The summed E-state index contributed by atoms with van der Waals surface area (Å²) in [5.41, 5.74) is 6.57. The molecule has 84 valence electrons. The molecule has 0 spiro atoms. The van der Waals surface area contributed by atoms with Gasteiger partial charge in [0.05, 0.1) is 10.6 Å². The van der Waals surface area contributed by atoms with Crippen molar-refractivity contribution in [1.82, 2.24) is 0 Å². The van der Waals surface area contributed by atoms with Crippen molar-refractivity contribution in [3.8, 4) is 0 Å². The Kier molecular flexibility index (Phi) is 4.33. The number of Topliss-reactive ketones (excluding diaryl/α,β-unsaturated/α-hetero) is 1. The van der Waals surface area contributed by atoms with E-state index in [9.17, 15) is 4.79 Å². The van der Waals surface area contributed by atoms with E-state index < -0.39 is 0 Å². The minimum absolute atomic E-state index is 0.0286. The smallest absolute Gasteiger partial charge is 0.168 e. The van der Waals surface area contributed by atoms with E-state index in [1.807, 2.05) is 19.9 Å². The normalized spacial score (nSPS) is 10.9. The lowest BCUT2D eigenvalue weighted by atomic mass is 10.0. The van der Waals surface area contributed by atoms with E-state index in [0.717, 1.165) is 18.4 Å². The molecule has 1 aromatic heterocycles. The topological polar surface area (TPSA) is 43.1 Å². The molecule has 15 heavy (non-hydrogen) atoms. The fourth-order valence-corrected chi connectivity index (χ4v) is 2.41. The highest BCUT2D eigenvalue weighted by Crippen LogP contribution is 2.28. The first kappa shape index (κ1) is 12.2. The summed E-state index contributed by atoms with van der Waals surface area (Å²) in [7, 11) is 0. The Bertz CT molecular complexity index is 341. The van der Waals surface area contributed by atoms with Crippen LogP contribution in [0.3, 0.4) is 0 Å². The number of thiophene rings is 1. The van der Waals surface area contributed by atoms with Crippen molar-refractivity contribution in [3.63, 3.8) is 0 Å². The van der Waals surface area contributed by atoms with Gasteiger partial charge in [0, 0.05) is 10.8 Å². The summed E-state index contributed by atoms with van der Waals surface area (Å²) in [6.45, 7) is 5.98. The number of nitrogen functional groups attached to an aromatic ring is 1. The Balaban J connectivity index is 2.81. The van der Waals surface area contributed by atoms with Crippen LogP contribution >= 0.6 is 11.3 Å². The van der Waals surface area contributed by atoms with Gasteiger partial charge < -0.3 is 5.73 Å². The number of hydrogen-bond donors (Lipinski definition) is 1. The van der Waals surface area contributed by atoms with Crippen molar-refractivity contribution in [3.05, 3.63) is 16.5 Å². The number of nitrogens with two attached hydrogens (primary N) is 1. The van der Waals surface area contributed by atoms with Crippen molar-refractivity contribution in [2.45, 2.75) is 40.0 Å². The molecule has 0 aliphatic rings. The largest absolute Gasteiger partial charge is 0.390 e. The van der Waals surface area contributed by atoms with Crippen LogP contribution in [0.4, 0.5) is 5.00 Å². The summed E-state index contributed by atoms with van der Waals surface area (Å²) in [5, 5.41) is 0.680. The van der Waals surface area contributed by atoms with E-state index >= 15 is 0 Å². The number of aryl methyl sites for hydroxylation is 1. The van der Waals surface area contributed by atoms with Gasteiger partial charge in [0.15, 0.2) is 5.78 Å². The van der Waals surface area contributed by atoms with Crippen LogP contribution in [0.25, 0.3) is 0 Å². The Hall–Kier alpha value is -0.830. The van der Waals surface area contributed by atoms with Gasteiger partial charge in [-0.05, 0) is 18.9 Å². The van der Waals surface area contributed by atoms with Crippen LogP contribution < -0.4 is 5.73 Å². The summed E-state index contributed by atoms with van der Waals surface area (Å²) >= 11 is 1.56. The lowest BCUT2D eigenvalue weighted by molar-refractivity contribution is 0.0940. The molecule has 0 amide bonds. The first-order valence-corrected chi connectivity index (χ1v) is 6.30. The van der Waals surface area contributed by atoms with Crippen LogP contribution in [-0.4, -0.2) is 5.78 Å². The lowest BCUT2D eigenvalue weighted by Gasteiger charge is -2.01. The maximum absolute atomic E-state index is 11.8. The third-order valence-electron chi connectivity index (χ3n) is 2.38. The number of anilines is 1. The third-order valence-corrected chi connectivity index (χ3v) is 3.40. The van der Waals surface area contributed by atoms with Crippen molar-refractivity contribution >= 4 is 22.1 Å². The molecule has 0 atom stereocenters. The van der Waals surface area contributed by atoms with Gasteiger partial charge in [-0.25, -0.2) is 0 Å². The molecular weight excluding hydrogens is 206 g/mol. The zero-order valence-electron chi connectivity index (χ0n) is 9.67. The molecule has 0 aliphatic carbocycles. The molecule has 0 saturated heterocycles. The molecule has 0 fully saturated rings. The molecule has 0 aliphatic heterocycles. The van der Waals surface area contributed by atoms with Gasteiger partial charge in [-0.1, -0.05) is 27.2 Å². The van der Waals surface area contributed by atoms with Crippen molar-refractivity contribution in [2.75, 3.05) is 5.73 Å². The molecule has 1 aromatic rings. The zero-order chi connectivity index (χ0) is 11.4. The fraction of sp³-hybridized carbons (Fsp3) is 0.583. The molecular formula is C12H19NOS. The van der Waals surface area contributed by atoms with Gasteiger partial charge >= 0.3 is 0 Å². The minimum Gasteiger partial charge on any atom is -0.390 e. The molecule has 2 N–H and O–H groups in total. The Labute approximate surface area is 95.5 Å². The van der Waals surface area contributed by atoms with Gasteiger partial charge in [0.25, 0.3) is 0 Å². The number of rotatable bonds is 5. The standard InChI is InChI=1S/C12H19NOS/c1-4-5-6-9-7-10(12(13)15-9)11(14)8(2)3/h7-8H,4-6,13H2,1-3H3. The Morgan fingerprint density at radius 3 is 2.73 bits per heavy atom. The van der Waals surface area contributed by atoms with E-state index in [0.29, 0.717) is 5.00 Å². The van der Waals surface area contributed by atoms with Crippen LogP contribution in [-0.2, 0) is 6.42 Å². The second kappa shape index (κ2) is 5.31. The fourth-order valence-electron chi connectivity index (χ4n) is 1.44. The number of unbranched alkanes of at least 4 members (excludes halogenated alkanes) is 1. The van der Waals surface area contributed by atoms with Gasteiger partial charge in [-0.3, -0.25) is 4.79 Å². The summed E-state index contributed by atoms with van der Waals surface area (Å²) in [5.74, 6) is 0.187. The van der Waals surface area contributed by atoms with Gasteiger partial charge in [-0.2, -0.15) is 0 Å². The van der Waals surface area contributed by atoms with Crippen molar-refractivity contribution < 1.29 is 4.79 Å². The predicted molar refractivity (Wildman–Crippen MR) is 66.5 cm³/mol. The highest BCUT2D eigenvalue weighted by atomic mass is 32.1. The summed E-state index contributed by atoms with van der Waals surface area (Å²) in [6, 6.07) is 1.97. The number of carbonyl (C=O) groups is 1. The van der Waals surface area contributed by atoms with Gasteiger partial charge in [-0.15, -0.1) is 11.3 Å². The highest BCUT2D eigenvalue weighted by molar-refractivity contribution is 7.16. The first-order valence-electron chi connectivity index (χ1n) is 5.48. The summed E-state index contributed by atoms with van der Waals surface area (Å²) < 4.78 is 0. The lowest BCUT2D eigenvalue weighted by Crippen LogP contribution is -2.07. The highest BCUT2D eigenvalue weighted by Gasteiger charge is 2.16.